The minimum absolute atomic E-state index is 0.403. The molecule has 0 heterocycles. The van der Waals surface area contributed by atoms with Crippen molar-refractivity contribution in [2.45, 2.75) is 20.4 Å². The number of hydrogen-bond acceptors (Lipinski definition) is 2. The molecule has 0 aliphatic heterocycles. The van der Waals surface area contributed by atoms with Crippen LogP contribution in [0.15, 0.2) is 29.8 Å². The summed E-state index contributed by atoms with van der Waals surface area (Å²) in [7, 11) is 0. The van der Waals surface area contributed by atoms with Crippen molar-refractivity contribution in [1.82, 2.24) is 0 Å². The van der Waals surface area contributed by atoms with Crippen LogP contribution < -0.4 is 5.73 Å². The summed E-state index contributed by atoms with van der Waals surface area (Å²) < 4.78 is 0. The Morgan fingerprint density at radius 3 is 2.18 bits per heavy atom. The van der Waals surface area contributed by atoms with Gasteiger partial charge in [0.2, 0.25) is 5.24 Å². The molecule has 1 aromatic carbocycles. The third kappa shape index (κ3) is 8.22. The van der Waals surface area contributed by atoms with Gasteiger partial charge in [-0.15, -0.1) is 0 Å². The third-order valence-electron chi connectivity index (χ3n) is 1.62. The molecule has 0 aliphatic rings. The second-order valence-corrected chi connectivity index (χ2v) is 4.67. The van der Waals surface area contributed by atoms with E-state index in [1.54, 1.807) is 12.1 Å². The fraction of sp³-hybridized carbons (Fsp3) is 0.250. The molecule has 0 radical (unpaired) electrons. The number of rotatable bonds is 2. The minimum Gasteiger partial charge on any atom is -0.326 e. The summed E-state index contributed by atoms with van der Waals surface area (Å²) in [6, 6.07) is 5.37. The Labute approximate surface area is 116 Å². The van der Waals surface area contributed by atoms with Crippen LogP contribution in [0.3, 0.4) is 0 Å². The van der Waals surface area contributed by atoms with Gasteiger partial charge < -0.3 is 5.73 Å². The number of halogens is 3. The summed E-state index contributed by atoms with van der Waals surface area (Å²) in [6.45, 7) is 4.14. The van der Waals surface area contributed by atoms with Crippen LogP contribution in [0.1, 0.15) is 19.4 Å². The van der Waals surface area contributed by atoms with Crippen molar-refractivity contribution < 1.29 is 4.79 Å². The van der Waals surface area contributed by atoms with Gasteiger partial charge in [-0.1, -0.05) is 34.8 Å². The van der Waals surface area contributed by atoms with Gasteiger partial charge in [-0.25, -0.2) is 0 Å². The normalized spacial score (nSPS) is 9.06. The monoisotopic (exact) mass is 293 g/mol. The van der Waals surface area contributed by atoms with Gasteiger partial charge >= 0.3 is 0 Å². The van der Waals surface area contributed by atoms with E-state index in [1.807, 2.05) is 19.9 Å². The van der Waals surface area contributed by atoms with Crippen LogP contribution in [0.4, 0.5) is 0 Å². The second kappa shape index (κ2) is 8.54. The third-order valence-corrected chi connectivity index (χ3v) is 2.47. The van der Waals surface area contributed by atoms with Crippen LogP contribution in [-0.2, 0) is 11.3 Å². The van der Waals surface area contributed by atoms with E-state index in [0.29, 0.717) is 16.6 Å². The molecule has 0 aromatic heterocycles. The molecular formula is C12H14Cl3NO. The zero-order valence-electron chi connectivity index (χ0n) is 9.64. The molecule has 1 aromatic rings. The van der Waals surface area contributed by atoms with Gasteiger partial charge in [-0.2, -0.15) is 0 Å². The average Bonchev–Trinajstić information content (AvgIpc) is 2.21. The highest BCUT2D eigenvalue weighted by Crippen LogP contribution is 2.22. The van der Waals surface area contributed by atoms with E-state index in [4.69, 9.17) is 40.5 Å². The largest absolute Gasteiger partial charge is 0.326 e. The van der Waals surface area contributed by atoms with Gasteiger partial charge in [0.1, 0.15) is 0 Å². The van der Waals surface area contributed by atoms with E-state index in [1.165, 1.54) is 6.08 Å². The van der Waals surface area contributed by atoms with Crippen LogP contribution in [0.25, 0.3) is 0 Å². The second-order valence-electron chi connectivity index (χ2n) is 3.48. The Morgan fingerprint density at radius 2 is 1.88 bits per heavy atom. The highest BCUT2D eigenvalue weighted by Gasteiger charge is 1.96. The van der Waals surface area contributed by atoms with Crippen LogP contribution >= 0.6 is 34.8 Å². The lowest BCUT2D eigenvalue weighted by atomic mass is 10.2. The van der Waals surface area contributed by atoms with Crippen LogP contribution in [0.2, 0.25) is 10.0 Å². The van der Waals surface area contributed by atoms with Crippen molar-refractivity contribution >= 4 is 40.0 Å². The molecule has 0 fully saturated rings. The van der Waals surface area contributed by atoms with Crippen molar-refractivity contribution in [3.05, 3.63) is 45.5 Å². The Kier molecular flexibility index (Phi) is 8.26. The predicted octanol–water partition coefficient (Wildman–Crippen LogP) is 4.17. The Bertz CT molecular complexity index is 412. The first-order valence-electron chi connectivity index (χ1n) is 4.85. The number of benzene rings is 1. The molecule has 2 N–H and O–H groups in total. The van der Waals surface area contributed by atoms with E-state index in [-0.39, 0.29) is 0 Å². The molecule has 2 nitrogen and oxygen atoms in total. The highest BCUT2D eigenvalue weighted by molar-refractivity contribution is 6.66. The van der Waals surface area contributed by atoms with Crippen molar-refractivity contribution in [3.63, 3.8) is 0 Å². The fourth-order valence-electron chi connectivity index (χ4n) is 0.894. The summed E-state index contributed by atoms with van der Waals surface area (Å²) in [6.07, 6.45) is 1.38. The lowest BCUT2D eigenvalue weighted by Gasteiger charge is -1.97. The van der Waals surface area contributed by atoms with Gasteiger partial charge in [-0.05, 0) is 49.2 Å². The van der Waals surface area contributed by atoms with Gasteiger partial charge in [0.05, 0.1) is 10.0 Å². The maximum atomic E-state index is 9.94. The van der Waals surface area contributed by atoms with Crippen LogP contribution in [0.5, 0.6) is 0 Å². The van der Waals surface area contributed by atoms with Crippen molar-refractivity contribution in [2.75, 3.05) is 0 Å². The minimum atomic E-state index is -0.403. The number of carbonyl (C=O) groups excluding carboxylic acids is 1. The van der Waals surface area contributed by atoms with E-state index in [2.05, 4.69) is 0 Å². The van der Waals surface area contributed by atoms with Gasteiger partial charge in [0, 0.05) is 6.54 Å². The molecule has 0 saturated heterocycles. The Hall–Kier alpha value is -0.540. The van der Waals surface area contributed by atoms with Gasteiger partial charge in [0.25, 0.3) is 0 Å². The summed E-state index contributed by atoms with van der Waals surface area (Å²) >= 11 is 16.3. The van der Waals surface area contributed by atoms with E-state index < -0.39 is 5.24 Å². The molecule has 0 amide bonds. The first-order chi connectivity index (χ1) is 7.86. The molecule has 5 heteroatoms. The number of carbonyl (C=O) groups is 1. The maximum absolute atomic E-state index is 9.94. The molecule has 0 aliphatic carbocycles. The summed E-state index contributed by atoms with van der Waals surface area (Å²) in [5.74, 6) is 0. The first kappa shape index (κ1) is 16.5. The highest BCUT2D eigenvalue weighted by atomic mass is 35.5. The zero-order chi connectivity index (χ0) is 13.4. The summed E-state index contributed by atoms with van der Waals surface area (Å²) in [4.78, 5) is 9.94. The summed E-state index contributed by atoms with van der Waals surface area (Å²) in [5, 5.41) is 0.725. The standard InChI is InChI=1S/C7H7Cl2N.C5H7ClO/c8-6-2-1-5(4-10)3-7(6)9;1-4(2)3-5(6)7/h1-3H,4,10H2;3H,1-2H3. The molecule has 0 spiro atoms. The molecular weight excluding hydrogens is 280 g/mol. The van der Waals surface area contributed by atoms with E-state index in [0.717, 1.165) is 11.1 Å². The fourth-order valence-corrected chi connectivity index (χ4v) is 1.43. The molecule has 0 unspecified atom stereocenters. The van der Waals surface area contributed by atoms with Gasteiger partial charge in [-0.3, -0.25) is 4.79 Å². The predicted molar refractivity (Wildman–Crippen MR) is 74.6 cm³/mol. The van der Waals surface area contributed by atoms with E-state index >= 15 is 0 Å². The SMILES string of the molecule is CC(C)=CC(=O)Cl.NCc1ccc(Cl)c(Cl)c1. The lowest BCUT2D eigenvalue weighted by molar-refractivity contribution is -0.107. The van der Waals surface area contributed by atoms with E-state index in [9.17, 15) is 4.79 Å². The topological polar surface area (TPSA) is 43.1 Å². The average molecular weight is 295 g/mol. The van der Waals surface area contributed by atoms with Crippen molar-refractivity contribution in [3.8, 4) is 0 Å². The van der Waals surface area contributed by atoms with Crippen LogP contribution in [0, 0.1) is 0 Å². The van der Waals surface area contributed by atoms with Crippen molar-refractivity contribution in [2.24, 2.45) is 5.73 Å². The quantitative estimate of drug-likeness (QED) is 0.657. The first-order valence-corrected chi connectivity index (χ1v) is 5.98. The maximum Gasteiger partial charge on any atom is 0.245 e. The van der Waals surface area contributed by atoms with Gasteiger partial charge in [0.15, 0.2) is 0 Å². The Balaban J connectivity index is 0.000000325. The molecule has 0 bridgehead atoms. The number of nitrogens with two attached hydrogens (primary N) is 1. The summed E-state index contributed by atoms with van der Waals surface area (Å²) in [5.41, 5.74) is 7.29. The zero-order valence-corrected chi connectivity index (χ0v) is 11.9. The smallest absolute Gasteiger partial charge is 0.245 e. The molecule has 17 heavy (non-hydrogen) atoms. The number of hydrogen-bond donors (Lipinski definition) is 1. The van der Waals surface area contributed by atoms with Crippen LogP contribution in [-0.4, -0.2) is 5.24 Å². The Morgan fingerprint density at radius 1 is 1.29 bits per heavy atom. The molecule has 94 valence electrons. The molecule has 0 atom stereocenters. The number of allylic oxidation sites excluding steroid dienone is 2. The lowest BCUT2D eigenvalue weighted by Crippen LogP contribution is -1.95. The molecule has 0 saturated carbocycles. The molecule has 1 rings (SSSR count). The van der Waals surface area contributed by atoms with Crippen molar-refractivity contribution in [1.29, 1.82) is 0 Å².